The number of halogens is 1. The zero-order valence-electron chi connectivity index (χ0n) is 13.1. The van der Waals surface area contributed by atoms with Crippen LogP contribution in [-0.4, -0.2) is 14.5 Å². The van der Waals surface area contributed by atoms with E-state index in [0.29, 0.717) is 27.6 Å². The summed E-state index contributed by atoms with van der Waals surface area (Å²) in [5, 5.41) is 4.14. The Bertz CT molecular complexity index is 1090. The van der Waals surface area contributed by atoms with Crippen LogP contribution in [0.3, 0.4) is 0 Å². The lowest BCUT2D eigenvalue weighted by Gasteiger charge is -2.15. The molecule has 5 nitrogen and oxygen atoms in total. The molecular formula is C19H13ClN4O. The van der Waals surface area contributed by atoms with Crippen LogP contribution in [0.4, 0.5) is 11.6 Å². The topological polar surface area (TPSA) is 59.8 Å². The van der Waals surface area contributed by atoms with Crippen LogP contribution in [0, 0.1) is 0 Å². The van der Waals surface area contributed by atoms with E-state index in [4.69, 9.17) is 11.6 Å². The number of pyridine rings is 1. The molecule has 0 amide bonds. The Kier molecular flexibility index (Phi) is 3.91. The highest BCUT2D eigenvalue weighted by Gasteiger charge is 2.13. The number of hydrogen-bond donors (Lipinski definition) is 1. The predicted molar refractivity (Wildman–Crippen MR) is 99.9 cm³/mol. The Morgan fingerprint density at radius 2 is 1.84 bits per heavy atom. The molecule has 0 bridgehead atoms. The molecule has 0 fully saturated rings. The zero-order chi connectivity index (χ0) is 17.2. The second-order valence-electron chi connectivity index (χ2n) is 5.44. The molecule has 25 heavy (non-hydrogen) atoms. The van der Waals surface area contributed by atoms with Crippen molar-refractivity contribution in [3.8, 4) is 5.69 Å². The van der Waals surface area contributed by atoms with E-state index in [1.165, 1.54) is 4.57 Å². The Morgan fingerprint density at radius 3 is 2.60 bits per heavy atom. The number of rotatable bonds is 3. The molecule has 2 heterocycles. The van der Waals surface area contributed by atoms with E-state index >= 15 is 0 Å². The molecule has 1 N–H and O–H groups in total. The smallest absolute Gasteiger partial charge is 0.267 e. The van der Waals surface area contributed by atoms with Gasteiger partial charge in [0.25, 0.3) is 5.56 Å². The third-order valence-corrected chi connectivity index (χ3v) is 4.00. The van der Waals surface area contributed by atoms with Gasteiger partial charge in [-0.05, 0) is 42.5 Å². The molecule has 0 spiro atoms. The second-order valence-corrected chi connectivity index (χ2v) is 5.88. The average Bonchev–Trinajstić information content (AvgIpc) is 2.64. The van der Waals surface area contributed by atoms with Gasteiger partial charge in [-0.3, -0.25) is 9.78 Å². The lowest BCUT2D eigenvalue weighted by Crippen LogP contribution is -2.22. The Morgan fingerprint density at radius 1 is 1.00 bits per heavy atom. The molecule has 0 aliphatic carbocycles. The number of nitrogens with one attached hydrogen (secondary N) is 1. The molecular weight excluding hydrogens is 336 g/mol. The third kappa shape index (κ3) is 2.97. The molecule has 0 radical (unpaired) electrons. The van der Waals surface area contributed by atoms with E-state index in [-0.39, 0.29) is 5.56 Å². The average molecular weight is 349 g/mol. The summed E-state index contributed by atoms with van der Waals surface area (Å²) in [4.78, 5) is 21.8. The molecule has 0 aliphatic rings. The number of fused-ring (bicyclic) bond motifs is 1. The maximum atomic E-state index is 13.1. The van der Waals surface area contributed by atoms with Gasteiger partial charge in [0.05, 0.1) is 28.5 Å². The lowest BCUT2D eigenvalue weighted by molar-refractivity contribution is 0.974. The standard InChI is InChI=1S/C19H13ClN4O/c20-13-8-9-17-16(11-13)18(25)24(15-6-2-1-3-7-15)19(23-17)22-14-5-4-10-21-12-14/h1-12H,(H,22,23). The van der Waals surface area contributed by atoms with E-state index in [0.717, 1.165) is 5.69 Å². The quantitative estimate of drug-likeness (QED) is 0.603. The maximum absolute atomic E-state index is 13.1. The largest absolute Gasteiger partial charge is 0.324 e. The molecule has 2 aromatic carbocycles. The molecule has 0 atom stereocenters. The van der Waals surface area contributed by atoms with Gasteiger partial charge in [0.1, 0.15) is 0 Å². The SMILES string of the molecule is O=c1c2cc(Cl)ccc2nc(Nc2cccnc2)n1-c1ccccc1. The van der Waals surface area contributed by atoms with Crippen LogP contribution in [0.25, 0.3) is 16.6 Å². The minimum atomic E-state index is -0.190. The number of nitrogens with zero attached hydrogens (tertiary/aromatic N) is 3. The number of aromatic nitrogens is 3. The van der Waals surface area contributed by atoms with Crippen molar-refractivity contribution >= 4 is 34.1 Å². The van der Waals surface area contributed by atoms with E-state index < -0.39 is 0 Å². The van der Waals surface area contributed by atoms with Crippen LogP contribution in [0.5, 0.6) is 0 Å². The van der Waals surface area contributed by atoms with Gasteiger partial charge in [-0.2, -0.15) is 0 Å². The molecule has 0 saturated carbocycles. The van der Waals surface area contributed by atoms with Gasteiger partial charge in [-0.1, -0.05) is 29.8 Å². The van der Waals surface area contributed by atoms with E-state index in [2.05, 4.69) is 15.3 Å². The lowest BCUT2D eigenvalue weighted by atomic mass is 10.2. The molecule has 122 valence electrons. The van der Waals surface area contributed by atoms with E-state index in [1.807, 2.05) is 42.5 Å². The monoisotopic (exact) mass is 348 g/mol. The highest BCUT2D eigenvalue weighted by atomic mass is 35.5. The summed E-state index contributed by atoms with van der Waals surface area (Å²) in [6.45, 7) is 0. The summed E-state index contributed by atoms with van der Waals surface area (Å²) in [5.74, 6) is 0.416. The van der Waals surface area contributed by atoms with Gasteiger partial charge in [0, 0.05) is 11.2 Å². The summed E-state index contributed by atoms with van der Waals surface area (Å²) in [7, 11) is 0. The predicted octanol–water partition coefficient (Wildman–Crippen LogP) is 4.18. The highest BCUT2D eigenvalue weighted by Crippen LogP contribution is 2.21. The molecule has 0 aliphatic heterocycles. The summed E-state index contributed by atoms with van der Waals surface area (Å²) in [6.07, 6.45) is 3.36. The summed E-state index contributed by atoms with van der Waals surface area (Å²) in [5.41, 5.74) is 1.85. The van der Waals surface area contributed by atoms with Crippen molar-refractivity contribution in [3.63, 3.8) is 0 Å². The van der Waals surface area contributed by atoms with Gasteiger partial charge in [0.2, 0.25) is 5.95 Å². The Balaban J connectivity index is 1.99. The zero-order valence-corrected chi connectivity index (χ0v) is 13.8. The first kappa shape index (κ1) is 15.4. The fourth-order valence-electron chi connectivity index (χ4n) is 2.62. The van der Waals surface area contributed by atoms with Crippen LogP contribution in [0.15, 0.2) is 77.9 Å². The first-order valence-corrected chi connectivity index (χ1v) is 8.05. The minimum absolute atomic E-state index is 0.190. The van der Waals surface area contributed by atoms with Crippen LogP contribution in [0.1, 0.15) is 0 Å². The van der Waals surface area contributed by atoms with Crippen molar-refractivity contribution in [3.05, 3.63) is 88.4 Å². The Hall–Kier alpha value is -3.18. The van der Waals surface area contributed by atoms with Crippen LogP contribution >= 0.6 is 11.6 Å². The second kappa shape index (κ2) is 6.37. The van der Waals surface area contributed by atoms with Crippen molar-refractivity contribution in [2.75, 3.05) is 5.32 Å². The van der Waals surface area contributed by atoms with E-state index in [9.17, 15) is 4.79 Å². The number of anilines is 2. The van der Waals surface area contributed by atoms with Crippen LogP contribution in [-0.2, 0) is 0 Å². The van der Waals surface area contributed by atoms with Crippen molar-refractivity contribution < 1.29 is 0 Å². The summed E-state index contributed by atoms with van der Waals surface area (Å²) in [6, 6.07) is 18.1. The molecule has 4 aromatic rings. The number of hydrogen-bond acceptors (Lipinski definition) is 4. The fraction of sp³-hybridized carbons (Fsp3) is 0. The summed E-state index contributed by atoms with van der Waals surface area (Å²) < 4.78 is 1.53. The van der Waals surface area contributed by atoms with Crippen molar-refractivity contribution in [2.24, 2.45) is 0 Å². The van der Waals surface area contributed by atoms with Gasteiger partial charge in [-0.25, -0.2) is 9.55 Å². The Labute approximate surface area is 148 Å². The molecule has 4 rings (SSSR count). The van der Waals surface area contributed by atoms with Crippen LogP contribution < -0.4 is 10.9 Å². The fourth-order valence-corrected chi connectivity index (χ4v) is 2.80. The number of para-hydroxylation sites is 1. The number of benzene rings is 2. The highest BCUT2D eigenvalue weighted by molar-refractivity contribution is 6.31. The molecule has 0 unspecified atom stereocenters. The van der Waals surface area contributed by atoms with Gasteiger partial charge < -0.3 is 5.32 Å². The van der Waals surface area contributed by atoms with Crippen molar-refractivity contribution in [1.82, 2.24) is 14.5 Å². The first-order valence-electron chi connectivity index (χ1n) is 7.67. The minimum Gasteiger partial charge on any atom is -0.324 e. The molecule has 2 aromatic heterocycles. The normalized spacial score (nSPS) is 10.8. The van der Waals surface area contributed by atoms with Gasteiger partial charge in [-0.15, -0.1) is 0 Å². The third-order valence-electron chi connectivity index (χ3n) is 3.76. The van der Waals surface area contributed by atoms with Gasteiger partial charge >= 0.3 is 0 Å². The first-order chi connectivity index (χ1) is 12.2. The maximum Gasteiger partial charge on any atom is 0.267 e. The van der Waals surface area contributed by atoms with Crippen molar-refractivity contribution in [2.45, 2.75) is 0 Å². The summed E-state index contributed by atoms with van der Waals surface area (Å²) >= 11 is 6.06. The molecule has 6 heteroatoms. The van der Waals surface area contributed by atoms with Gasteiger partial charge in [0.15, 0.2) is 0 Å². The molecule has 0 saturated heterocycles. The van der Waals surface area contributed by atoms with Crippen molar-refractivity contribution in [1.29, 1.82) is 0 Å². The van der Waals surface area contributed by atoms with E-state index in [1.54, 1.807) is 30.6 Å². The van der Waals surface area contributed by atoms with Crippen LogP contribution in [0.2, 0.25) is 5.02 Å².